The van der Waals surface area contributed by atoms with Gasteiger partial charge in [-0.15, -0.1) is 0 Å². The molecule has 0 radical (unpaired) electrons. The van der Waals surface area contributed by atoms with E-state index in [9.17, 15) is 14.4 Å². The summed E-state index contributed by atoms with van der Waals surface area (Å²) in [4.78, 5) is 41.3. The second-order valence-electron chi connectivity index (χ2n) is 8.38. The Hall–Kier alpha value is -3.09. The first-order valence-corrected chi connectivity index (χ1v) is 10.6. The molecule has 0 bridgehead atoms. The van der Waals surface area contributed by atoms with Gasteiger partial charge in [0.25, 0.3) is 0 Å². The van der Waals surface area contributed by atoms with Crippen molar-refractivity contribution < 1.29 is 18.8 Å². The van der Waals surface area contributed by atoms with Gasteiger partial charge in [0.15, 0.2) is 0 Å². The van der Waals surface area contributed by atoms with Gasteiger partial charge in [-0.3, -0.25) is 14.4 Å². The molecule has 7 heteroatoms. The number of fused-ring (bicyclic) bond motifs is 1. The average Bonchev–Trinajstić information content (AvgIpc) is 3.43. The van der Waals surface area contributed by atoms with Gasteiger partial charge < -0.3 is 19.5 Å². The van der Waals surface area contributed by atoms with Crippen LogP contribution in [0.3, 0.4) is 0 Å². The van der Waals surface area contributed by atoms with Crippen molar-refractivity contribution in [3.05, 3.63) is 47.9 Å². The van der Waals surface area contributed by atoms with Crippen molar-refractivity contribution in [3.8, 4) is 0 Å². The van der Waals surface area contributed by atoms with Crippen LogP contribution in [0.4, 0.5) is 11.4 Å². The van der Waals surface area contributed by atoms with Gasteiger partial charge >= 0.3 is 0 Å². The Morgan fingerprint density at radius 3 is 2.77 bits per heavy atom. The summed E-state index contributed by atoms with van der Waals surface area (Å²) >= 11 is 0. The maximum Gasteiger partial charge on any atom is 0.230 e. The monoisotopic (exact) mass is 407 g/mol. The first-order chi connectivity index (χ1) is 14.6. The fourth-order valence-electron chi connectivity index (χ4n) is 4.53. The second-order valence-corrected chi connectivity index (χ2v) is 8.38. The van der Waals surface area contributed by atoms with Crippen molar-refractivity contribution in [1.29, 1.82) is 0 Å². The molecule has 1 saturated heterocycles. The molecule has 2 fully saturated rings. The lowest BCUT2D eigenvalue weighted by Crippen LogP contribution is -2.37. The zero-order chi connectivity index (χ0) is 20.7. The third-order valence-electron chi connectivity index (χ3n) is 6.50. The molecule has 3 aliphatic rings. The van der Waals surface area contributed by atoms with Crippen LogP contribution in [0.2, 0.25) is 0 Å². The molecule has 1 saturated carbocycles. The standard InChI is InChI=1S/C23H25N3O4/c27-21-12-17(22(28)24-13-19-5-2-10-30-19)14-26(21)18-6-7-20-16(11-18)8-9-25(20)23(29)15-3-1-4-15/h2,5-7,10-11,15,17H,1,3-4,8-9,12-14H2,(H,24,28). The summed E-state index contributed by atoms with van der Waals surface area (Å²) in [7, 11) is 0. The SMILES string of the molecule is O=C(NCc1ccco1)C1CC(=O)N(c2ccc3c(c2)CCN3C(=O)C2CCC2)C1. The Kier molecular flexibility index (Phi) is 4.81. The zero-order valence-electron chi connectivity index (χ0n) is 16.8. The van der Waals surface area contributed by atoms with Crippen molar-refractivity contribution in [1.82, 2.24) is 5.32 Å². The van der Waals surface area contributed by atoms with Crippen LogP contribution in [0.5, 0.6) is 0 Å². The topological polar surface area (TPSA) is 82.9 Å². The molecule has 1 atom stereocenters. The third-order valence-corrected chi connectivity index (χ3v) is 6.50. The first kappa shape index (κ1) is 18.9. The minimum Gasteiger partial charge on any atom is -0.467 e. The van der Waals surface area contributed by atoms with Crippen LogP contribution in [0, 0.1) is 11.8 Å². The smallest absolute Gasteiger partial charge is 0.230 e. The Balaban J connectivity index is 1.25. The fourth-order valence-corrected chi connectivity index (χ4v) is 4.53. The first-order valence-electron chi connectivity index (χ1n) is 10.6. The summed E-state index contributed by atoms with van der Waals surface area (Å²) in [6.45, 7) is 1.40. The highest BCUT2D eigenvalue weighted by atomic mass is 16.3. The van der Waals surface area contributed by atoms with Crippen LogP contribution < -0.4 is 15.1 Å². The molecule has 3 heterocycles. The van der Waals surface area contributed by atoms with Crippen LogP contribution in [0.1, 0.15) is 37.0 Å². The highest BCUT2D eigenvalue weighted by Gasteiger charge is 2.37. The number of furan rings is 1. The average molecular weight is 407 g/mol. The number of amides is 3. The largest absolute Gasteiger partial charge is 0.467 e. The molecule has 1 N–H and O–H groups in total. The number of hydrogen-bond donors (Lipinski definition) is 1. The summed E-state index contributed by atoms with van der Waals surface area (Å²) in [5.74, 6) is 0.533. The van der Waals surface area contributed by atoms with Gasteiger partial charge in [-0.25, -0.2) is 0 Å². The molecule has 1 aromatic heterocycles. The molecule has 1 unspecified atom stereocenters. The highest BCUT2D eigenvalue weighted by Crippen LogP contribution is 2.37. The molecule has 5 rings (SSSR count). The Bertz CT molecular complexity index is 980. The Labute approximate surface area is 175 Å². The molecule has 2 aromatic rings. The van der Waals surface area contributed by atoms with Crippen LogP contribution >= 0.6 is 0 Å². The molecule has 30 heavy (non-hydrogen) atoms. The van der Waals surface area contributed by atoms with Crippen molar-refractivity contribution >= 4 is 29.1 Å². The number of nitrogens with zero attached hydrogens (tertiary/aromatic N) is 2. The maximum atomic E-state index is 12.7. The van der Waals surface area contributed by atoms with Crippen LogP contribution in [0.25, 0.3) is 0 Å². The molecular formula is C23H25N3O4. The van der Waals surface area contributed by atoms with Crippen molar-refractivity contribution in [2.24, 2.45) is 11.8 Å². The molecule has 0 spiro atoms. The second kappa shape index (κ2) is 7.63. The highest BCUT2D eigenvalue weighted by molar-refractivity contribution is 6.01. The summed E-state index contributed by atoms with van der Waals surface area (Å²) in [6, 6.07) is 9.43. The number of nitrogens with one attached hydrogen (secondary N) is 1. The van der Waals surface area contributed by atoms with E-state index in [1.165, 1.54) is 0 Å². The van der Waals surface area contributed by atoms with E-state index >= 15 is 0 Å². The van der Waals surface area contributed by atoms with E-state index in [0.717, 1.165) is 42.6 Å². The molecule has 2 aliphatic heterocycles. The van der Waals surface area contributed by atoms with E-state index in [-0.39, 0.29) is 36.0 Å². The van der Waals surface area contributed by atoms with E-state index in [2.05, 4.69) is 5.32 Å². The van der Waals surface area contributed by atoms with E-state index < -0.39 is 0 Å². The summed E-state index contributed by atoms with van der Waals surface area (Å²) in [6.07, 6.45) is 5.70. The lowest BCUT2D eigenvalue weighted by atomic mass is 9.84. The van der Waals surface area contributed by atoms with E-state index in [1.807, 2.05) is 23.1 Å². The Morgan fingerprint density at radius 2 is 2.03 bits per heavy atom. The van der Waals surface area contributed by atoms with E-state index in [0.29, 0.717) is 25.4 Å². The van der Waals surface area contributed by atoms with Gasteiger partial charge in [-0.2, -0.15) is 0 Å². The van der Waals surface area contributed by atoms with Crippen molar-refractivity contribution in [2.75, 3.05) is 22.9 Å². The quantitative estimate of drug-likeness (QED) is 0.826. The van der Waals surface area contributed by atoms with Gasteiger partial charge in [-0.1, -0.05) is 6.42 Å². The summed E-state index contributed by atoms with van der Waals surface area (Å²) in [5.41, 5.74) is 2.87. The van der Waals surface area contributed by atoms with Crippen molar-refractivity contribution in [2.45, 2.75) is 38.6 Å². The molecule has 3 amide bonds. The number of carbonyl (C=O) groups is 3. The minimum absolute atomic E-state index is 0.0477. The lowest BCUT2D eigenvalue weighted by molar-refractivity contribution is -0.126. The molecule has 1 aromatic carbocycles. The molecule has 156 valence electrons. The molecule has 1 aliphatic carbocycles. The van der Waals surface area contributed by atoms with Crippen LogP contribution in [0.15, 0.2) is 41.0 Å². The predicted molar refractivity (Wildman–Crippen MR) is 111 cm³/mol. The van der Waals surface area contributed by atoms with Crippen LogP contribution in [-0.2, 0) is 27.3 Å². The number of rotatable bonds is 5. The minimum atomic E-state index is -0.377. The predicted octanol–water partition coefficient (Wildman–Crippen LogP) is 2.64. The number of carbonyl (C=O) groups excluding carboxylic acids is 3. The van der Waals surface area contributed by atoms with Gasteiger partial charge in [0.2, 0.25) is 17.7 Å². The van der Waals surface area contributed by atoms with Gasteiger partial charge in [0.1, 0.15) is 5.76 Å². The van der Waals surface area contributed by atoms with Gasteiger partial charge in [-0.05, 0) is 55.2 Å². The summed E-state index contributed by atoms with van der Waals surface area (Å²) < 4.78 is 5.23. The lowest BCUT2D eigenvalue weighted by Gasteiger charge is -2.29. The molecule has 7 nitrogen and oxygen atoms in total. The van der Waals surface area contributed by atoms with E-state index in [1.54, 1.807) is 23.3 Å². The maximum absolute atomic E-state index is 12.7. The zero-order valence-corrected chi connectivity index (χ0v) is 16.8. The van der Waals surface area contributed by atoms with Gasteiger partial charge in [0.05, 0.1) is 18.7 Å². The number of anilines is 2. The normalized spacial score (nSPS) is 20.9. The van der Waals surface area contributed by atoms with Gasteiger partial charge in [0, 0.05) is 36.8 Å². The molecular weight excluding hydrogens is 382 g/mol. The Morgan fingerprint density at radius 1 is 1.17 bits per heavy atom. The summed E-state index contributed by atoms with van der Waals surface area (Å²) in [5, 5.41) is 2.85. The number of benzene rings is 1. The van der Waals surface area contributed by atoms with Crippen molar-refractivity contribution in [3.63, 3.8) is 0 Å². The van der Waals surface area contributed by atoms with E-state index in [4.69, 9.17) is 4.42 Å². The third kappa shape index (κ3) is 3.38. The van der Waals surface area contributed by atoms with Crippen LogP contribution in [-0.4, -0.2) is 30.8 Å². The fraction of sp³-hybridized carbons (Fsp3) is 0.435. The number of hydrogen-bond acceptors (Lipinski definition) is 4.